The molecule has 0 aliphatic rings. The summed E-state index contributed by atoms with van der Waals surface area (Å²) >= 11 is 0. The minimum absolute atomic E-state index is 0.0111. The lowest BCUT2D eigenvalue weighted by Gasteiger charge is -2.29. The number of hydrogen-bond donors (Lipinski definition) is 4. The van der Waals surface area contributed by atoms with E-state index < -0.39 is 56.2 Å². The van der Waals surface area contributed by atoms with E-state index in [1.54, 1.807) is 7.05 Å². The number of esters is 2. The number of unbranched alkanes of at least 4 members (excludes halogenated alkanes) is 44. The number of aliphatic carboxylic acids is 4. The quantitative estimate of drug-likeness (QED) is 0.0327. The first-order valence-corrected chi connectivity index (χ1v) is 37.4. The van der Waals surface area contributed by atoms with E-state index >= 15 is 0 Å². The minimum Gasteiger partial charge on any atom is -0.480 e. The van der Waals surface area contributed by atoms with Crippen molar-refractivity contribution >= 4 is 41.7 Å². The SMILES string of the molecule is CCCCCCCCCCCCCCCCCCCCCCCCCC(=O)OCC(CN(C)CCN(C)C(=O)CN(CCN(CCN(CC(=O)O)CC(=O)O)CC(=O)O)CC(=O)O)OC(=O)CCCCCCCCCCCCCCCCCCCCCCCCC. The molecule has 0 spiro atoms. The lowest BCUT2D eigenvalue weighted by Crippen LogP contribution is -2.47. The van der Waals surface area contributed by atoms with Crippen LogP contribution >= 0.6 is 0 Å². The largest absolute Gasteiger partial charge is 0.480 e. The van der Waals surface area contributed by atoms with Gasteiger partial charge in [-0.25, -0.2) is 0 Å². The number of amides is 1. The van der Waals surface area contributed by atoms with Crippen LogP contribution in [0.25, 0.3) is 0 Å². The topological polar surface area (TPSA) is 235 Å². The molecule has 0 fully saturated rings. The van der Waals surface area contributed by atoms with Gasteiger partial charge in [-0.05, 0) is 19.9 Å². The molecule has 0 radical (unpaired) electrons. The van der Waals surface area contributed by atoms with E-state index in [2.05, 4.69) is 13.8 Å². The average Bonchev–Trinajstić information content (AvgIpc) is 3.40. The molecular formula is C73H139N5O13. The van der Waals surface area contributed by atoms with Gasteiger partial charge in [0.1, 0.15) is 12.7 Å². The fourth-order valence-corrected chi connectivity index (χ4v) is 12.0. The van der Waals surface area contributed by atoms with Gasteiger partial charge in [0.05, 0.1) is 32.7 Å². The Morgan fingerprint density at radius 2 is 0.560 bits per heavy atom. The second-order valence-corrected chi connectivity index (χ2v) is 26.7. The van der Waals surface area contributed by atoms with Crippen molar-refractivity contribution in [3.63, 3.8) is 0 Å². The van der Waals surface area contributed by atoms with Gasteiger partial charge in [-0.1, -0.05) is 296 Å². The van der Waals surface area contributed by atoms with E-state index in [0.29, 0.717) is 13.0 Å². The van der Waals surface area contributed by atoms with Crippen LogP contribution in [0.2, 0.25) is 0 Å². The lowest BCUT2D eigenvalue weighted by atomic mass is 10.0. The standard InChI is InChI=1S/C73H139N5O13/c1-5-7-9-11-13-15-17-19-21-23-25-27-29-31-33-35-37-39-41-43-45-47-49-51-72(88)90-65-66(91-73(89)52-50-48-46-44-42-40-38-36-34-32-30-28-26-24-22-20-18-16-14-12-10-8-6-2)59-74(3)53-54-75(4)67(79)60-77(62-69(82)83)57-55-76(61-68(80)81)56-58-78(63-70(84)85)64-71(86)87/h66H,5-65H2,1-4H3,(H,80,81)(H,82,83)(H,84,85)(H,86,87). The smallest absolute Gasteiger partial charge is 0.317 e. The van der Waals surface area contributed by atoms with Crippen LogP contribution in [0.4, 0.5) is 0 Å². The number of carboxylic acid groups (broad SMARTS) is 4. The number of likely N-dealkylation sites (N-methyl/N-ethyl adjacent to an activating group) is 2. The van der Waals surface area contributed by atoms with Gasteiger partial charge >= 0.3 is 35.8 Å². The van der Waals surface area contributed by atoms with Crippen molar-refractivity contribution in [2.75, 3.05) is 99.2 Å². The summed E-state index contributed by atoms with van der Waals surface area (Å²) in [5.74, 6) is -5.89. The van der Waals surface area contributed by atoms with Gasteiger partial charge in [-0.3, -0.25) is 48.3 Å². The molecule has 0 aromatic heterocycles. The van der Waals surface area contributed by atoms with Crippen molar-refractivity contribution in [1.82, 2.24) is 24.5 Å². The van der Waals surface area contributed by atoms with Gasteiger partial charge in [0, 0.05) is 65.7 Å². The number of rotatable bonds is 72. The maximum absolute atomic E-state index is 13.5. The van der Waals surface area contributed by atoms with Gasteiger partial charge in [0.15, 0.2) is 0 Å². The molecular weight excluding hydrogens is 1150 g/mol. The van der Waals surface area contributed by atoms with Crippen LogP contribution in [-0.2, 0) is 43.0 Å². The Bertz CT molecular complexity index is 1740. The summed E-state index contributed by atoms with van der Waals surface area (Å²) in [5.41, 5.74) is 0. The number of carbonyl (C=O) groups excluding carboxylic acids is 3. The first-order chi connectivity index (χ1) is 44.1. The molecule has 18 nitrogen and oxygen atoms in total. The van der Waals surface area contributed by atoms with Crippen molar-refractivity contribution in [3.8, 4) is 0 Å². The number of ether oxygens (including phenoxy) is 2. The molecule has 0 saturated heterocycles. The van der Waals surface area contributed by atoms with Gasteiger partial charge in [-0.15, -0.1) is 0 Å². The Balaban J connectivity index is 4.94. The van der Waals surface area contributed by atoms with Crippen LogP contribution in [0.15, 0.2) is 0 Å². The second-order valence-electron chi connectivity index (χ2n) is 26.7. The summed E-state index contributed by atoms with van der Waals surface area (Å²) in [5, 5.41) is 37.6. The summed E-state index contributed by atoms with van der Waals surface area (Å²) in [6, 6.07) is 0. The van der Waals surface area contributed by atoms with Gasteiger partial charge < -0.3 is 39.7 Å². The van der Waals surface area contributed by atoms with Crippen LogP contribution in [0.5, 0.6) is 0 Å². The first-order valence-electron chi connectivity index (χ1n) is 37.4. The van der Waals surface area contributed by atoms with Crippen LogP contribution in [0, 0.1) is 0 Å². The molecule has 1 amide bonds. The van der Waals surface area contributed by atoms with E-state index in [4.69, 9.17) is 9.47 Å². The predicted octanol–water partition coefficient (Wildman–Crippen LogP) is 15.8. The molecule has 18 heteroatoms. The molecule has 0 aromatic rings. The highest BCUT2D eigenvalue weighted by Crippen LogP contribution is 2.19. The molecule has 0 rings (SSSR count). The minimum atomic E-state index is -1.24. The Morgan fingerprint density at radius 3 is 0.857 bits per heavy atom. The highest BCUT2D eigenvalue weighted by molar-refractivity contribution is 5.79. The average molecular weight is 1290 g/mol. The van der Waals surface area contributed by atoms with Crippen molar-refractivity contribution in [1.29, 1.82) is 0 Å². The molecule has 0 saturated carbocycles. The van der Waals surface area contributed by atoms with Crippen LogP contribution in [-0.4, -0.2) is 192 Å². The molecule has 0 bridgehead atoms. The normalized spacial score (nSPS) is 12.0. The number of hydrogen-bond acceptors (Lipinski definition) is 13. The van der Waals surface area contributed by atoms with E-state index in [0.717, 1.165) is 49.8 Å². The zero-order valence-corrected chi connectivity index (χ0v) is 58.9. The predicted molar refractivity (Wildman–Crippen MR) is 369 cm³/mol. The Hall–Kier alpha value is -3.87. The van der Waals surface area contributed by atoms with Gasteiger partial charge in [0.25, 0.3) is 0 Å². The lowest BCUT2D eigenvalue weighted by molar-refractivity contribution is -0.160. The fraction of sp³-hybridized carbons (Fsp3) is 0.904. The molecule has 91 heavy (non-hydrogen) atoms. The van der Waals surface area contributed by atoms with E-state index in [1.165, 1.54) is 265 Å². The molecule has 4 N–H and O–H groups in total. The van der Waals surface area contributed by atoms with Crippen LogP contribution in [0.3, 0.4) is 0 Å². The Labute approximate surface area is 554 Å². The second kappa shape index (κ2) is 64.8. The highest BCUT2D eigenvalue weighted by atomic mass is 16.6. The van der Waals surface area contributed by atoms with Crippen molar-refractivity contribution < 1.29 is 63.5 Å². The van der Waals surface area contributed by atoms with Gasteiger partial charge in [0.2, 0.25) is 5.91 Å². The zero-order valence-electron chi connectivity index (χ0n) is 58.9. The van der Waals surface area contributed by atoms with Crippen LogP contribution in [0.1, 0.15) is 322 Å². The Morgan fingerprint density at radius 1 is 0.308 bits per heavy atom. The third-order valence-electron chi connectivity index (χ3n) is 17.7. The van der Waals surface area contributed by atoms with E-state index in [1.807, 2.05) is 11.9 Å². The Kier molecular flexibility index (Phi) is 62.1. The summed E-state index contributed by atoms with van der Waals surface area (Å²) in [7, 11) is 3.42. The first kappa shape index (κ1) is 87.1. The van der Waals surface area contributed by atoms with Crippen molar-refractivity contribution in [2.24, 2.45) is 0 Å². The van der Waals surface area contributed by atoms with Crippen molar-refractivity contribution in [2.45, 2.75) is 328 Å². The molecule has 534 valence electrons. The number of carboxylic acids is 4. The molecule has 1 unspecified atom stereocenters. The third kappa shape index (κ3) is 63.3. The van der Waals surface area contributed by atoms with E-state index in [9.17, 15) is 54.0 Å². The third-order valence-corrected chi connectivity index (χ3v) is 17.7. The fourth-order valence-electron chi connectivity index (χ4n) is 12.0. The molecule has 0 aromatic carbocycles. The van der Waals surface area contributed by atoms with Gasteiger partial charge in [-0.2, -0.15) is 0 Å². The summed E-state index contributed by atoms with van der Waals surface area (Å²) in [4.78, 5) is 93.1. The number of nitrogens with zero attached hydrogens (tertiary/aromatic N) is 5. The highest BCUT2D eigenvalue weighted by Gasteiger charge is 2.23. The molecule has 1 atom stereocenters. The molecule has 0 aliphatic heterocycles. The van der Waals surface area contributed by atoms with Crippen molar-refractivity contribution in [3.05, 3.63) is 0 Å². The maximum Gasteiger partial charge on any atom is 0.317 e. The summed E-state index contributed by atoms with van der Waals surface area (Å²) in [6.45, 7) is 2.86. The molecule has 0 heterocycles. The maximum atomic E-state index is 13.5. The number of carbonyl (C=O) groups is 7. The van der Waals surface area contributed by atoms with Crippen LogP contribution < -0.4 is 0 Å². The van der Waals surface area contributed by atoms with E-state index in [-0.39, 0.29) is 76.7 Å². The molecule has 0 aliphatic carbocycles. The zero-order chi connectivity index (χ0) is 67.1. The summed E-state index contributed by atoms with van der Waals surface area (Å²) < 4.78 is 11.7. The monoisotopic (exact) mass is 1290 g/mol. The summed E-state index contributed by atoms with van der Waals surface area (Å²) in [6.07, 6.45) is 59.7.